The van der Waals surface area contributed by atoms with Crippen molar-refractivity contribution in [3.8, 4) is 0 Å². The molecular formula is C20H22N4O. The predicted molar refractivity (Wildman–Crippen MR) is 99.1 cm³/mol. The molecule has 4 rings (SSSR count). The lowest BCUT2D eigenvalue weighted by Gasteiger charge is -2.36. The highest BCUT2D eigenvalue weighted by molar-refractivity contribution is 5.95. The van der Waals surface area contributed by atoms with Crippen molar-refractivity contribution in [1.82, 2.24) is 14.3 Å². The Morgan fingerprint density at radius 2 is 1.72 bits per heavy atom. The molecular weight excluding hydrogens is 312 g/mol. The van der Waals surface area contributed by atoms with Crippen molar-refractivity contribution in [1.29, 1.82) is 0 Å². The van der Waals surface area contributed by atoms with E-state index in [2.05, 4.69) is 34.1 Å². The first-order valence-corrected chi connectivity index (χ1v) is 8.83. The smallest absolute Gasteiger partial charge is 0.272 e. The number of carbonyl (C=O) groups is 1. The van der Waals surface area contributed by atoms with Gasteiger partial charge >= 0.3 is 0 Å². The Bertz CT molecular complexity index is 879. The van der Waals surface area contributed by atoms with Gasteiger partial charge < -0.3 is 9.80 Å². The predicted octanol–water partition coefficient (Wildman–Crippen LogP) is 2.86. The van der Waals surface area contributed by atoms with Gasteiger partial charge in [0.05, 0.1) is 5.69 Å². The fraction of sp³-hybridized carbons (Fsp3) is 0.300. The number of carbonyl (C=O) groups excluding carboxylic acids is 1. The van der Waals surface area contributed by atoms with Crippen LogP contribution in [-0.2, 0) is 6.42 Å². The summed E-state index contributed by atoms with van der Waals surface area (Å²) >= 11 is 0. The number of pyridine rings is 1. The second-order valence-electron chi connectivity index (χ2n) is 6.30. The molecule has 0 N–H and O–H groups in total. The molecule has 1 aromatic carbocycles. The number of amides is 1. The molecule has 5 nitrogen and oxygen atoms in total. The standard InChI is InChI=1S/C20H22N4O/c1-2-17-19(24-11-7-6-10-18(24)21-17)20(25)23-14-12-22(13-15-23)16-8-4-3-5-9-16/h3-11H,2,12-15H2,1H3. The molecule has 25 heavy (non-hydrogen) atoms. The fourth-order valence-electron chi connectivity index (χ4n) is 3.47. The van der Waals surface area contributed by atoms with E-state index in [-0.39, 0.29) is 5.91 Å². The number of para-hydroxylation sites is 1. The van der Waals surface area contributed by atoms with Gasteiger partial charge in [0.15, 0.2) is 0 Å². The second kappa shape index (κ2) is 6.59. The Morgan fingerprint density at radius 3 is 2.44 bits per heavy atom. The molecule has 1 fully saturated rings. The van der Waals surface area contributed by atoms with E-state index < -0.39 is 0 Å². The van der Waals surface area contributed by atoms with Crippen LogP contribution in [0.4, 0.5) is 5.69 Å². The van der Waals surface area contributed by atoms with Gasteiger partial charge in [0.2, 0.25) is 0 Å². The third kappa shape index (κ3) is 2.86. The molecule has 2 aromatic heterocycles. The Balaban J connectivity index is 1.55. The average molecular weight is 334 g/mol. The van der Waals surface area contributed by atoms with Crippen LogP contribution in [0.15, 0.2) is 54.7 Å². The molecule has 128 valence electrons. The van der Waals surface area contributed by atoms with Gasteiger partial charge in [-0.05, 0) is 30.7 Å². The third-order valence-electron chi connectivity index (χ3n) is 4.83. The minimum atomic E-state index is 0.0864. The number of nitrogens with zero attached hydrogens (tertiary/aromatic N) is 4. The first-order chi connectivity index (χ1) is 12.3. The van der Waals surface area contributed by atoms with Crippen molar-refractivity contribution < 1.29 is 4.79 Å². The summed E-state index contributed by atoms with van der Waals surface area (Å²) in [6, 6.07) is 16.2. The zero-order valence-electron chi connectivity index (χ0n) is 14.4. The highest BCUT2D eigenvalue weighted by Crippen LogP contribution is 2.19. The molecule has 0 unspecified atom stereocenters. The van der Waals surface area contributed by atoms with E-state index in [0.717, 1.165) is 43.9 Å². The van der Waals surface area contributed by atoms with Crippen LogP contribution in [0, 0.1) is 0 Å². The summed E-state index contributed by atoms with van der Waals surface area (Å²) in [5, 5.41) is 0. The van der Waals surface area contributed by atoms with Gasteiger partial charge in [-0.1, -0.05) is 31.2 Å². The summed E-state index contributed by atoms with van der Waals surface area (Å²) in [5.74, 6) is 0.0864. The molecule has 0 bridgehead atoms. The minimum absolute atomic E-state index is 0.0864. The van der Waals surface area contributed by atoms with Gasteiger partial charge in [-0.15, -0.1) is 0 Å². The monoisotopic (exact) mass is 334 g/mol. The Morgan fingerprint density at radius 1 is 1.00 bits per heavy atom. The van der Waals surface area contributed by atoms with Crippen molar-refractivity contribution >= 4 is 17.2 Å². The number of piperazine rings is 1. The highest BCUT2D eigenvalue weighted by atomic mass is 16.2. The number of anilines is 1. The number of aryl methyl sites for hydroxylation is 1. The topological polar surface area (TPSA) is 40.9 Å². The van der Waals surface area contributed by atoms with Gasteiger partial charge in [0, 0.05) is 38.1 Å². The van der Waals surface area contributed by atoms with Crippen molar-refractivity contribution in [3.63, 3.8) is 0 Å². The van der Waals surface area contributed by atoms with Crippen molar-refractivity contribution in [3.05, 3.63) is 66.1 Å². The zero-order valence-corrected chi connectivity index (χ0v) is 14.4. The Labute approximate surface area is 147 Å². The second-order valence-corrected chi connectivity index (χ2v) is 6.30. The average Bonchev–Trinajstić information content (AvgIpc) is 3.07. The van der Waals surface area contributed by atoms with E-state index in [1.165, 1.54) is 5.69 Å². The number of rotatable bonds is 3. The number of imidazole rings is 1. The van der Waals surface area contributed by atoms with Gasteiger partial charge in [-0.25, -0.2) is 4.98 Å². The molecule has 1 amide bonds. The summed E-state index contributed by atoms with van der Waals surface area (Å²) < 4.78 is 1.92. The van der Waals surface area contributed by atoms with Crippen LogP contribution in [0.1, 0.15) is 23.1 Å². The van der Waals surface area contributed by atoms with Gasteiger partial charge in [-0.2, -0.15) is 0 Å². The van der Waals surface area contributed by atoms with Crippen LogP contribution in [0.3, 0.4) is 0 Å². The molecule has 1 aliphatic heterocycles. The van der Waals surface area contributed by atoms with E-state index in [4.69, 9.17) is 0 Å². The number of benzene rings is 1. The molecule has 0 spiro atoms. The number of aromatic nitrogens is 2. The maximum absolute atomic E-state index is 13.1. The van der Waals surface area contributed by atoms with E-state index >= 15 is 0 Å². The summed E-state index contributed by atoms with van der Waals surface area (Å²) in [6.07, 6.45) is 2.68. The number of fused-ring (bicyclic) bond motifs is 1. The molecule has 3 heterocycles. The number of hydrogen-bond donors (Lipinski definition) is 0. The lowest BCUT2D eigenvalue weighted by molar-refractivity contribution is 0.0738. The molecule has 0 saturated carbocycles. The first kappa shape index (κ1) is 15.7. The van der Waals surface area contributed by atoms with Gasteiger partial charge in [-0.3, -0.25) is 9.20 Å². The summed E-state index contributed by atoms with van der Waals surface area (Å²) in [6.45, 7) is 5.22. The molecule has 3 aromatic rings. The summed E-state index contributed by atoms with van der Waals surface area (Å²) in [5.41, 5.74) is 3.65. The molecule has 1 saturated heterocycles. The van der Waals surface area contributed by atoms with Crippen LogP contribution in [0.5, 0.6) is 0 Å². The van der Waals surface area contributed by atoms with E-state index in [1.807, 2.05) is 46.7 Å². The molecule has 5 heteroatoms. The molecule has 0 radical (unpaired) electrons. The quantitative estimate of drug-likeness (QED) is 0.739. The molecule has 0 atom stereocenters. The summed E-state index contributed by atoms with van der Waals surface area (Å²) in [4.78, 5) is 22.0. The van der Waals surface area contributed by atoms with Crippen molar-refractivity contribution in [2.45, 2.75) is 13.3 Å². The maximum Gasteiger partial charge on any atom is 0.272 e. The van der Waals surface area contributed by atoms with E-state index in [9.17, 15) is 4.79 Å². The zero-order chi connectivity index (χ0) is 17.2. The maximum atomic E-state index is 13.1. The number of hydrogen-bond acceptors (Lipinski definition) is 3. The first-order valence-electron chi connectivity index (χ1n) is 8.83. The van der Waals surface area contributed by atoms with Gasteiger partial charge in [0.25, 0.3) is 5.91 Å². The van der Waals surface area contributed by atoms with Crippen LogP contribution >= 0.6 is 0 Å². The molecule has 0 aliphatic carbocycles. The summed E-state index contributed by atoms with van der Waals surface area (Å²) in [7, 11) is 0. The van der Waals surface area contributed by atoms with Crippen LogP contribution in [0.25, 0.3) is 5.65 Å². The van der Waals surface area contributed by atoms with E-state index in [0.29, 0.717) is 5.69 Å². The largest absolute Gasteiger partial charge is 0.368 e. The van der Waals surface area contributed by atoms with Crippen molar-refractivity contribution in [2.24, 2.45) is 0 Å². The Kier molecular flexibility index (Phi) is 4.14. The SMILES string of the molecule is CCc1nc2ccccn2c1C(=O)N1CCN(c2ccccc2)CC1. The normalized spacial score (nSPS) is 14.9. The highest BCUT2D eigenvalue weighted by Gasteiger charge is 2.26. The lowest BCUT2D eigenvalue weighted by Crippen LogP contribution is -2.49. The van der Waals surface area contributed by atoms with Crippen LogP contribution < -0.4 is 4.90 Å². The molecule has 1 aliphatic rings. The minimum Gasteiger partial charge on any atom is -0.368 e. The van der Waals surface area contributed by atoms with Crippen molar-refractivity contribution in [2.75, 3.05) is 31.1 Å². The van der Waals surface area contributed by atoms with Crippen LogP contribution in [0.2, 0.25) is 0 Å². The van der Waals surface area contributed by atoms with Crippen LogP contribution in [-0.4, -0.2) is 46.4 Å². The Hall–Kier alpha value is -2.82. The lowest BCUT2D eigenvalue weighted by atomic mass is 10.2. The third-order valence-corrected chi connectivity index (χ3v) is 4.83. The fourth-order valence-corrected chi connectivity index (χ4v) is 3.47. The van der Waals surface area contributed by atoms with E-state index in [1.54, 1.807) is 0 Å². The van der Waals surface area contributed by atoms with Gasteiger partial charge in [0.1, 0.15) is 11.3 Å².